The molecule has 0 atom stereocenters. The van der Waals surface area contributed by atoms with E-state index < -0.39 is 0 Å². The second-order valence-electron chi connectivity index (χ2n) is 5.16. The molecule has 1 aromatic heterocycles. The van der Waals surface area contributed by atoms with E-state index in [9.17, 15) is 0 Å². The number of hydrogen-bond acceptors (Lipinski definition) is 3. The number of aromatic nitrogens is 1. The fourth-order valence-electron chi connectivity index (χ4n) is 1.78. The SMILES string of the molecule is CC(C)(C)c1ccc(-c2ncsc2CN)cc1. The molecule has 1 heterocycles. The lowest BCUT2D eigenvalue weighted by Gasteiger charge is -2.19. The predicted molar refractivity (Wildman–Crippen MR) is 74.1 cm³/mol. The van der Waals surface area contributed by atoms with Crippen molar-refractivity contribution in [2.24, 2.45) is 5.73 Å². The van der Waals surface area contributed by atoms with Gasteiger partial charge < -0.3 is 5.73 Å². The van der Waals surface area contributed by atoms with Crippen LogP contribution in [0.5, 0.6) is 0 Å². The summed E-state index contributed by atoms with van der Waals surface area (Å²) in [6.07, 6.45) is 0. The third kappa shape index (κ3) is 2.56. The monoisotopic (exact) mass is 246 g/mol. The van der Waals surface area contributed by atoms with E-state index in [2.05, 4.69) is 50.0 Å². The Bertz CT molecular complexity index is 492. The van der Waals surface area contributed by atoms with E-state index in [-0.39, 0.29) is 5.41 Å². The number of rotatable bonds is 2. The van der Waals surface area contributed by atoms with Gasteiger partial charge in [-0.2, -0.15) is 0 Å². The Labute approximate surface area is 107 Å². The first kappa shape index (κ1) is 12.3. The van der Waals surface area contributed by atoms with Gasteiger partial charge in [0.15, 0.2) is 0 Å². The zero-order chi connectivity index (χ0) is 12.5. The summed E-state index contributed by atoms with van der Waals surface area (Å²) in [6.45, 7) is 7.21. The van der Waals surface area contributed by atoms with Gasteiger partial charge in [-0.1, -0.05) is 45.0 Å². The zero-order valence-corrected chi connectivity index (χ0v) is 11.3. The van der Waals surface area contributed by atoms with Gasteiger partial charge in [0, 0.05) is 17.0 Å². The van der Waals surface area contributed by atoms with Gasteiger partial charge in [0.2, 0.25) is 0 Å². The Morgan fingerprint density at radius 3 is 2.35 bits per heavy atom. The number of hydrogen-bond donors (Lipinski definition) is 1. The van der Waals surface area contributed by atoms with Gasteiger partial charge >= 0.3 is 0 Å². The van der Waals surface area contributed by atoms with Gasteiger partial charge in [-0.15, -0.1) is 11.3 Å². The Hall–Kier alpha value is -1.19. The molecule has 0 fully saturated rings. The van der Waals surface area contributed by atoms with E-state index in [1.54, 1.807) is 11.3 Å². The van der Waals surface area contributed by atoms with Crippen molar-refractivity contribution in [2.75, 3.05) is 0 Å². The fourth-order valence-corrected chi connectivity index (χ4v) is 2.44. The minimum atomic E-state index is 0.192. The summed E-state index contributed by atoms with van der Waals surface area (Å²) in [5.74, 6) is 0. The highest BCUT2D eigenvalue weighted by molar-refractivity contribution is 7.10. The highest BCUT2D eigenvalue weighted by atomic mass is 32.1. The normalized spacial score (nSPS) is 11.8. The smallest absolute Gasteiger partial charge is 0.0856 e. The molecule has 0 saturated heterocycles. The molecule has 2 rings (SSSR count). The van der Waals surface area contributed by atoms with E-state index in [1.807, 2.05) is 5.51 Å². The van der Waals surface area contributed by atoms with Crippen LogP contribution in [0, 0.1) is 0 Å². The molecule has 3 heteroatoms. The standard InChI is InChI=1S/C14H18N2S/c1-14(2,3)11-6-4-10(5-7-11)13-12(8-15)17-9-16-13/h4-7,9H,8,15H2,1-3H3. The number of nitrogens with two attached hydrogens (primary N) is 1. The van der Waals surface area contributed by atoms with Crippen LogP contribution < -0.4 is 5.73 Å². The van der Waals surface area contributed by atoms with Crippen LogP contribution >= 0.6 is 11.3 Å². The maximum atomic E-state index is 5.70. The molecule has 0 saturated carbocycles. The topological polar surface area (TPSA) is 38.9 Å². The van der Waals surface area contributed by atoms with E-state index in [1.165, 1.54) is 5.56 Å². The molecule has 0 spiro atoms. The van der Waals surface area contributed by atoms with Gasteiger partial charge in [0.05, 0.1) is 11.2 Å². The summed E-state index contributed by atoms with van der Waals surface area (Å²) in [6, 6.07) is 8.62. The summed E-state index contributed by atoms with van der Waals surface area (Å²) >= 11 is 1.62. The second kappa shape index (κ2) is 4.59. The number of nitrogens with zero attached hydrogens (tertiary/aromatic N) is 1. The molecule has 0 aliphatic carbocycles. The summed E-state index contributed by atoms with van der Waals surface area (Å²) in [5.41, 5.74) is 11.3. The van der Waals surface area contributed by atoms with Gasteiger partial charge in [-0.25, -0.2) is 4.98 Å². The van der Waals surface area contributed by atoms with Crippen molar-refractivity contribution in [1.82, 2.24) is 4.98 Å². The van der Waals surface area contributed by atoms with E-state index in [4.69, 9.17) is 5.73 Å². The Balaban J connectivity index is 2.36. The molecule has 0 amide bonds. The molecule has 0 bridgehead atoms. The minimum Gasteiger partial charge on any atom is -0.326 e. The highest BCUT2D eigenvalue weighted by Gasteiger charge is 2.14. The Morgan fingerprint density at radius 2 is 1.82 bits per heavy atom. The van der Waals surface area contributed by atoms with Gasteiger partial charge in [-0.05, 0) is 11.0 Å². The van der Waals surface area contributed by atoms with E-state index >= 15 is 0 Å². The molecule has 0 aliphatic rings. The molecule has 0 aliphatic heterocycles. The Morgan fingerprint density at radius 1 is 1.18 bits per heavy atom. The first-order valence-electron chi connectivity index (χ1n) is 5.75. The molecule has 2 N–H and O–H groups in total. The van der Waals surface area contributed by atoms with Gasteiger partial charge in [-0.3, -0.25) is 0 Å². The lowest BCUT2D eigenvalue weighted by atomic mass is 9.86. The van der Waals surface area contributed by atoms with Crippen LogP contribution in [-0.4, -0.2) is 4.98 Å². The maximum Gasteiger partial charge on any atom is 0.0856 e. The predicted octanol–water partition coefficient (Wildman–Crippen LogP) is 3.57. The molecule has 2 aromatic rings. The average molecular weight is 246 g/mol. The van der Waals surface area contributed by atoms with Crippen molar-refractivity contribution in [1.29, 1.82) is 0 Å². The van der Waals surface area contributed by atoms with Gasteiger partial charge in [0.1, 0.15) is 0 Å². The van der Waals surface area contributed by atoms with Crippen LogP contribution in [0.3, 0.4) is 0 Å². The summed E-state index contributed by atoms with van der Waals surface area (Å²) in [5, 5.41) is 0. The first-order chi connectivity index (χ1) is 8.02. The third-order valence-electron chi connectivity index (χ3n) is 2.85. The summed E-state index contributed by atoms with van der Waals surface area (Å²) in [4.78, 5) is 5.53. The minimum absolute atomic E-state index is 0.192. The largest absolute Gasteiger partial charge is 0.326 e. The molecule has 90 valence electrons. The highest BCUT2D eigenvalue weighted by Crippen LogP contribution is 2.28. The van der Waals surface area contributed by atoms with Crippen molar-refractivity contribution in [2.45, 2.75) is 32.7 Å². The van der Waals surface area contributed by atoms with Crippen molar-refractivity contribution in [3.63, 3.8) is 0 Å². The van der Waals surface area contributed by atoms with Crippen molar-refractivity contribution < 1.29 is 0 Å². The van der Waals surface area contributed by atoms with Crippen LogP contribution in [-0.2, 0) is 12.0 Å². The molecular formula is C14H18N2S. The average Bonchev–Trinajstić information content (AvgIpc) is 2.76. The third-order valence-corrected chi connectivity index (χ3v) is 3.71. The summed E-state index contributed by atoms with van der Waals surface area (Å²) < 4.78 is 0. The van der Waals surface area contributed by atoms with Crippen LogP contribution in [0.2, 0.25) is 0 Å². The molecule has 2 nitrogen and oxygen atoms in total. The van der Waals surface area contributed by atoms with E-state index in [0.717, 1.165) is 16.1 Å². The number of thiazole rings is 1. The van der Waals surface area contributed by atoms with Crippen molar-refractivity contribution in [3.05, 3.63) is 40.2 Å². The Kier molecular flexibility index (Phi) is 3.31. The quantitative estimate of drug-likeness (QED) is 0.880. The first-order valence-corrected chi connectivity index (χ1v) is 6.63. The summed E-state index contributed by atoms with van der Waals surface area (Å²) in [7, 11) is 0. The van der Waals surface area contributed by atoms with Crippen LogP contribution in [0.25, 0.3) is 11.3 Å². The lowest BCUT2D eigenvalue weighted by Crippen LogP contribution is -2.10. The number of benzene rings is 1. The fraction of sp³-hybridized carbons (Fsp3) is 0.357. The molecule has 17 heavy (non-hydrogen) atoms. The van der Waals surface area contributed by atoms with Crippen LogP contribution in [0.4, 0.5) is 0 Å². The van der Waals surface area contributed by atoms with Crippen molar-refractivity contribution in [3.8, 4) is 11.3 Å². The zero-order valence-electron chi connectivity index (χ0n) is 10.5. The lowest BCUT2D eigenvalue weighted by molar-refractivity contribution is 0.590. The van der Waals surface area contributed by atoms with Crippen molar-refractivity contribution >= 4 is 11.3 Å². The van der Waals surface area contributed by atoms with Crippen LogP contribution in [0.15, 0.2) is 29.8 Å². The second-order valence-corrected chi connectivity index (χ2v) is 6.09. The molecule has 1 aromatic carbocycles. The molecule has 0 unspecified atom stereocenters. The van der Waals surface area contributed by atoms with Crippen LogP contribution in [0.1, 0.15) is 31.2 Å². The molecular weight excluding hydrogens is 228 g/mol. The van der Waals surface area contributed by atoms with Gasteiger partial charge in [0.25, 0.3) is 0 Å². The van der Waals surface area contributed by atoms with E-state index in [0.29, 0.717) is 6.54 Å². The maximum absolute atomic E-state index is 5.70. The molecule has 0 radical (unpaired) electrons.